The van der Waals surface area contributed by atoms with Gasteiger partial charge < -0.3 is 9.84 Å². The number of hydrogen-bond acceptors (Lipinski definition) is 5. The molecule has 0 aliphatic heterocycles. The molecule has 0 aliphatic rings. The molecule has 6 heteroatoms. The fourth-order valence-electron chi connectivity index (χ4n) is 2.05. The molecule has 1 heterocycles. The number of thioether (sulfide) groups is 1. The van der Waals surface area contributed by atoms with E-state index in [-0.39, 0.29) is 12.2 Å². The van der Waals surface area contributed by atoms with E-state index in [2.05, 4.69) is 11.6 Å². The zero-order chi connectivity index (χ0) is 16.1. The monoisotopic (exact) mass is 320 g/mol. The Balaban J connectivity index is 2.18. The predicted octanol–water partition coefficient (Wildman–Crippen LogP) is 1.90. The van der Waals surface area contributed by atoms with Crippen LogP contribution in [0.5, 0.6) is 0 Å². The first kappa shape index (κ1) is 16.7. The molecular weight excluding hydrogens is 300 g/mol. The molecule has 2 rings (SSSR count). The lowest BCUT2D eigenvalue weighted by Crippen LogP contribution is -2.22. The third-order valence-electron chi connectivity index (χ3n) is 3.22. The molecule has 0 radical (unpaired) electrons. The molecule has 0 amide bonds. The summed E-state index contributed by atoms with van der Waals surface area (Å²) in [6.07, 6.45) is 1.02. The van der Waals surface area contributed by atoms with Crippen LogP contribution in [0, 0.1) is 6.92 Å². The van der Waals surface area contributed by atoms with Crippen molar-refractivity contribution < 1.29 is 9.84 Å². The first-order valence-electron chi connectivity index (χ1n) is 7.00. The number of hydrogen-bond donors (Lipinski definition) is 1. The minimum atomic E-state index is -0.616. The van der Waals surface area contributed by atoms with E-state index in [0.29, 0.717) is 28.4 Å². The van der Waals surface area contributed by atoms with Crippen LogP contribution < -0.4 is 5.56 Å². The van der Waals surface area contributed by atoms with E-state index in [1.807, 2.05) is 19.1 Å². The molecular formula is C16H20N2O3S. The molecule has 1 N–H and O–H groups in total. The average molecular weight is 320 g/mol. The Bertz CT molecular complexity index is 727. The van der Waals surface area contributed by atoms with Crippen molar-refractivity contribution in [1.82, 2.24) is 9.55 Å². The quantitative estimate of drug-likeness (QED) is 0.365. The molecule has 0 aliphatic carbocycles. The van der Waals surface area contributed by atoms with Gasteiger partial charge in [-0.2, -0.15) is 0 Å². The molecule has 1 aromatic carbocycles. The molecule has 0 saturated carbocycles. The van der Waals surface area contributed by atoms with Gasteiger partial charge in [0.25, 0.3) is 5.56 Å². The summed E-state index contributed by atoms with van der Waals surface area (Å²) in [5.74, 6) is 0.412. The smallest absolute Gasteiger partial charge is 0.261 e. The molecule has 1 aromatic heterocycles. The fraction of sp³-hybridized carbons (Fsp3) is 0.375. The van der Waals surface area contributed by atoms with Crippen LogP contribution in [0.3, 0.4) is 0 Å². The maximum absolute atomic E-state index is 12.4. The Hall–Kier alpha value is -1.63. The van der Waals surface area contributed by atoms with E-state index < -0.39 is 6.10 Å². The van der Waals surface area contributed by atoms with Gasteiger partial charge in [-0.25, -0.2) is 4.98 Å². The average Bonchev–Trinajstić information content (AvgIpc) is 2.50. The Morgan fingerprint density at radius 3 is 3.05 bits per heavy atom. The number of para-hydroxylation sites is 1. The molecule has 118 valence electrons. The minimum Gasteiger partial charge on any atom is -0.390 e. The van der Waals surface area contributed by atoms with Crippen molar-refractivity contribution in [3.63, 3.8) is 0 Å². The summed E-state index contributed by atoms with van der Waals surface area (Å²) in [6, 6.07) is 5.57. The fourth-order valence-corrected chi connectivity index (χ4v) is 2.92. The number of nitrogens with zero attached hydrogens (tertiary/aromatic N) is 2. The molecule has 5 nitrogen and oxygen atoms in total. The van der Waals surface area contributed by atoms with E-state index >= 15 is 0 Å². The molecule has 0 spiro atoms. The number of benzene rings is 1. The van der Waals surface area contributed by atoms with Crippen molar-refractivity contribution in [2.75, 3.05) is 19.0 Å². The van der Waals surface area contributed by atoms with Gasteiger partial charge >= 0.3 is 0 Å². The van der Waals surface area contributed by atoms with E-state index in [4.69, 9.17) is 4.74 Å². The summed E-state index contributed by atoms with van der Waals surface area (Å²) in [7, 11) is 1.69. The van der Waals surface area contributed by atoms with Crippen LogP contribution >= 0.6 is 11.8 Å². The SMILES string of the molecule is C=CCOCC(O)CSc1nc2c(C)cccc2c(=O)n1C. The van der Waals surface area contributed by atoms with Crippen LogP contribution in [0.1, 0.15) is 5.56 Å². The second-order valence-corrected chi connectivity index (χ2v) is 6.01. The highest BCUT2D eigenvalue weighted by atomic mass is 32.2. The minimum absolute atomic E-state index is 0.0754. The van der Waals surface area contributed by atoms with E-state index in [1.54, 1.807) is 19.2 Å². The third-order valence-corrected chi connectivity index (χ3v) is 4.39. The molecule has 0 fully saturated rings. The van der Waals surface area contributed by atoms with Gasteiger partial charge in [-0.3, -0.25) is 9.36 Å². The number of rotatable bonds is 7. The highest BCUT2D eigenvalue weighted by Crippen LogP contribution is 2.19. The van der Waals surface area contributed by atoms with Gasteiger partial charge in [0.2, 0.25) is 0 Å². The van der Waals surface area contributed by atoms with Crippen LogP contribution in [0.4, 0.5) is 0 Å². The van der Waals surface area contributed by atoms with Gasteiger partial charge in [-0.15, -0.1) is 6.58 Å². The lowest BCUT2D eigenvalue weighted by molar-refractivity contribution is 0.0625. The second kappa shape index (κ2) is 7.58. The van der Waals surface area contributed by atoms with Gasteiger partial charge in [-0.1, -0.05) is 30.0 Å². The van der Waals surface area contributed by atoms with Gasteiger partial charge in [0.15, 0.2) is 5.16 Å². The summed E-state index contributed by atoms with van der Waals surface area (Å²) in [4.78, 5) is 16.9. The summed E-state index contributed by atoms with van der Waals surface area (Å²) in [5.41, 5.74) is 1.60. The van der Waals surface area contributed by atoms with Gasteiger partial charge in [0.05, 0.1) is 30.2 Å². The topological polar surface area (TPSA) is 64.3 Å². The number of fused-ring (bicyclic) bond motifs is 1. The number of aliphatic hydroxyl groups is 1. The Labute approximate surface area is 133 Å². The zero-order valence-corrected chi connectivity index (χ0v) is 13.6. The molecule has 1 unspecified atom stereocenters. The van der Waals surface area contributed by atoms with Crippen molar-refractivity contribution in [3.05, 3.63) is 46.8 Å². The van der Waals surface area contributed by atoms with Gasteiger partial charge in [0.1, 0.15) is 0 Å². The summed E-state index contributed by atoms with van der Waals surface area (Å²) >= 11 is 1.35. The first-order valence-corrected chi connectivity index (χ1v) is 7.99. The highest BCUT2D eigenvalue weighted by molar-refractivity contribution is 7.99. The van der Waals surface area contributed by atoms with Crippen molar-refractivity contribution in [3.8, 4) is 0 Å². The van der Waals surface area contributed by atoms with Crippen LogP contribution in [0.25, 0.3) is 10.9 Å². The lowest BCUT2D eigenvalue weighted by Gasteiger charge is -2.12. The molecule has 2 aromatic rings. The Kier molecular flexibility index (Phi) is 5.76. The maximum atomic E-state index is 12.4. The van der Waals surface area contributed by atoms with E-state index in [9.17, 15) is 9.90 Å². The summed E-state index contributed by atoms with van der Waals surface area (Å²) in [6.45, 7) is 6.13. The van der Waals surface area contributed by atoms with Crippen LogP contribution in [0.15, 0.2) is 40.8 Å². The maximum Gasteiger partial charge on any atom is 0.261 e. The number of aromatic nitrogens is 2. The van der Waals surface area contributed by atoms with Crippen molar-refractivity contribution in [1.29, 1.82) is 0 Å². The first-order chi connectivity index (χ1) is 10.5. The predicted molar refractivity (Wildman–Crippen MR) is 89.5 cm³/mol. The number of aryl methyl sites for hydroxylation is 1. The standard InChI is InChI=1S/C16H20N2O3S/c1-4-8-21-9-12(19)10-22-16-17-14-11(2)6-5-7-13(14)15(20)18(16)3/h4-7,12,19H,1,8-10H2,2-3H3. The second-order valence-electron chi connectivity index (χ2n) is 5.02. The van der Waals surface area contributed by atoms with Crippen molar-refractivity contribution >= 4 is 22.7 Å². The number of ether oxygens (including phenoxy) is 1. The van der Waals surface area contributed by atoms with Crippen molar-refractivity contribution in [2.24, 2.45) is 7.05 Å². The van der Waals surface area contributed by atoms with Crippen molar-refractivity contribution in [2.45, 2.75) is 18.2 Å². The summed E-state index contributed by atoms with van der Waals surface area (Å²) in [5, 5.41) is 11.1. The van der Waals surface area contributed by atoms with Gasteiger partial charge in [0, 0.05) is 12.8 Å². The largest absolute Gasteiger partial charge is 0.390 e. The lowest BCUT2D eigenvalue weighted by atomic mass is 10.1. The van der Waals surface area contributed by atoms with E-state index in [0.717, 1.165) is 5.56 Å². The zero-order valence-electron chi connectivity index (χ0n) is 12.8. The van der Waals surface area contributed by atoms with Gasteiger partial charge in [-0.05, 0) is 18.6 Å². The normalized spacial score (nSPS) is 12.5. The summed E-state index contributed by atoms with van der Waals surface area (Å²) < 4.78 is 6.72. The molecule has 0 bridgehead atoms. The van der Waals surface area contributed by atoms with E-state index in [1.165, 1.54) is 16.3 Å². The Morgan fingerprint density at radius 2 is 2.32 bits per heavy atom. The van der Waals surface area contributed by atoms with Crippen LogP contribution in [0.2, 0.25) is 0 Å². The highest BCUT2D eigenvalue weighted by Gasteiger charge is 2.12. The van der Waals surface area contributed by atoms with Crippen LogP contribution in [-0.2, 0) is 11.8 Å². The molecule has 1 atom stereocenters. The molecule has 22 heavy (non-hydrogen) atoms. The Morgan fingerprint density at radius 1 is 1.55 bits per heavy atom. The van der Waals surface area contributed by atoms with Crippen LogP contribution in [-0.4, -0.2) is 39.7 Å². The molecule has 0 saturated heterocycles. The number of aliphatic hydroxyl groups excluding tert-OH is 1. The third kappa shape index (κ3) is 3.76.